The molecule has 0 bridgehead atoms. The summed E-state index contributed by atoms with van der Waals surface area (Å²) in [7, 11) is 0. The number of aromatic nitrogens is 1. The Bertz CT molecular complexity index is 2460. The highest BCUT2D eigenvalue weighted by Crippen LogP contribution is 2.43. The average Bonchev–Trinajstić information content (AvgIpc) is 3.66. The van der Waals surface area contributed by atoms with Crippen LogP contribution in [0.25, 0.3) is 82.5 Å². The smallest absolute Gasteiger partial charge is 0.160 e. The third-order valence-corrected chi connectivity index (χ3v) is 8.13. The third-order valence-electron chi connectivity index (χ3n) is 8.13. The highest BCUT2D eigenvalue weighted by molar-refractivity contribution is 6.21. The minimum Gasteiger partial charge on any atom is -0.456 e. The van der Waals surface area contributed by atoms with Gasteiger partial charge in [0.25, 0.3) is 0 Å². The van der Waals surface area contributed by atoms with Gasteiger partial charge in [0, 0.05) is 43.6 Å². The van der Waals surface area contributed by atoms with E-state index >= 15 is 0 Å². The number of rotatable bonds is 2. The highest BCUT2D eigenvalue weighted by atomic mass is 16.3. The van der Waals surface area contributed by atoms with Crippen LogP contribution in [0.3, 0.4) is 0 Å². The molecule has 0 unspecified atom stereocenters. The fourth-order valence-corrected chi connectivity index (χ4v) is 6.35. The summed E-state index contributed by atoms with van der Waals surface area (Å²) in [4.78, 5) is 0. The number of furan rings is 2. The average molecular weight is 515 g/mol. The molecule has 0 amide bonds. The lowest BCUT2D eigenvalue weighted by Gasteiger charge is -2.15. The normalized spacial score (nSPS) is 12.1. The molecular weight excluding hydrogens is 492 g/mol. The number of hydrogen-bond acceptors (Lipinski definition) is 3. The first kappa shape index (κ1) is 21.5. The molecule has 3 heterocycles. The predicted molar refractivity (Wildman–Crippen MR) is 165 cm³/mol. The van der Waals surface area contributed by atoms with Crippen LogP contribution in [0, 0.1) is 0 Å². The van der Waals surface area contributed by atoms with E-state index in [0.717, 1.165) is 77.1 Å². The van der Waals surface area contributed by atoms with E-state index < -0.39 is 0 Å². The van der Waals surface area contributed by atoms with Crippen molar-refractivity contribution in [2.24, 2.45) is 0 Å². The van der Waals surface area contributed by atoms with Crippen molar-refractivity contribution >= 4 is 71.4 Å². The van der Waals surface area contributed by atoms with Crippen molar-refractivity contribution in [1.82, 2.24) is 4.57 Å². The zero-order valence-electron chi connectivity index (χ0n) is 21.4. The molecule has 0 spiro atoms. The van der Waals surface area contributed by atoms with Gasteiger partial charge in [-0.1, -0.05) is 66.7 Å². The van der Waals surface area contributed by atoms with Gasteiger partial charge in [0.15, 0.2) is 5.58 Å². The van der Waals surface area contributed by atoms with E-state index in [1.165, 1.54) is 5.39 Å². The number of nitrogens with two attached hydrogens (primary N) is 1. The maximum atomic E-state index is 6.56. The van der Waals surface area contributed by atoms with Gasteiger partial charge in [-0.3, -0.25) is 0 Å². The molecule has 188 valence electrons. The summed E-state index contributed by atoms with van der Waals surface area (Å²) >= 11 is 0. The Morgan fingerprint density at radius 3 is 2.02 bits per heavy atom. The number of para-hydroxylation sites is 3. The van der Waals surface area contributed by atoms with E-state index in [0.29, 0.717) is 5.69 Å². The van der Waals surface area contributed by atoms with E-state index in [9.17, 15) is 0 Å². The van der Waals surface area contributed by atoms with E-state index in [1.807, 2.05) is 36.4 Å². The first-order chi connectivity index (χ1) is 19.7. The van der Waals surface area contributed by atoms with Crippen molar-refractivity contribution in [3.05, 3.63) is 121 Å². The largest absolute Gasteiger partial charge is 0.456 e. The Morgan fingerprint density at radius 1 is 0.500 bits per heavy atom. The predicted octanol–water partition coefficient (Wildman–Crippen LogP) is 9.83. The van der Waals surface area contributed by atoms with Gasteiger partial charge in [0.05, 0.1) is 16.7 Å². The Kier molecular flexibility index (Phi) is 4.17. The number of benzene rings is 6. The molecule has 2 N–H and O–H groups in total. The molecule has 0 fully saturated rings. The Balaban J connectivity index is 1.42. The quantitative estimate of drug-likeness (QED) is 0.234. The second-order valence-corrected chi connectivity index (χ2v) is 10.4. The van der Waals surface area contributed by atoms with Crippen LogP contribution in [-0.4, -0.2) is 4.57 Å². The van der Waals surface area contributed by atoms with Gasteiger partial charge in [-0.15, -0.1) is 0 Å². The maximum Gasteiger partial charge on any atom is 0.160 e. The van der Waals surface area contributed by atoms with E-state index in [1.54, 1.807) is 0 Å². The maximum absolute atomic E-state index is 6.56. The standard InChI is InChI=1S/C36H22N2O2/c37-22-14-17-31(28(20-22)21-13-18-34-29(19-21)25-9-3-5-11-32(25)39-34)38-30-10-4-1-7-23(30)26-15-16-27-24-8-2-6-12-33(24)40-36(27)35(26)38/h1-20H,37H2. The minimum atomic E-state index is 0.713. The summed E-state index contributed by atoms with van der Waals surface area (Å²) in [5, 5.41) is 6.75. The van der Waals surface area contributed by atoms with E-state index in [4.69, 9.17) is 14.6 Å². The van der Waals surface area contributed by atoms with Gasteiger partial charge in [-0.2, -0.15) is 0 Å². The molecule has 0 saturated carbocycles. The second kappa shape index (κ2) is 7.78. The molecule has 9 rings (SSSR count). The molecule has 0 saturated heterocycles. The number of nitrogens with zero attached hydrogens (tertiary/aromatic N) is 1. The van der Waals surface area contributed by atoms with Crippen molar-refractivity contribution in [1.29, 1.82) is 0 Å². The number of hydrogen-bond donors (Lipinski definition) is 1. The monoisotopic (exact) mass is 514 g/mol. The molecule has 4 heteroatoms. The Hall–Kier alpha value is -5.48. The summed E-state index contributed by atoms with van der Waals surface area (Å²) in [6.07, 6.45) is 0. The van der Waals surface area contributed by atoms with E-state index in [-0.39, 0.29) is 0 Å². The number of fused-ring (bicyclic) bond motifs is 10. The van der Waals surface area contributed by atoms with Crippen molar-refractivity contribution in [2.75, 3.05) is 5.73 Å². The molecule has 4 nitrogen and oxygen atoms in total. The van der Waals surface area contributed by atoms with Crippen LogP contribution < -0.4 is 5.73 Å². The first-order valence-corrected chi connectivity index (χ1v) is 13.4. The van der Waals surface area contributed by atoms with Crippen LogP contribution in [0.1, 0.15) is 0 Å². The SMILES string of the molecule is Nc1ccc(-n2c3ccccc3c3ccc4c5ccccc5oc4c32)c(-c2ccc3oc4ccccc4c3c2)c1. The molecule has 6 aromatic carbocycles. The second-order valence-electron chi connectivity index (χ2n) is 10.4. The lowest BCUT2D eigenvalue weighted by Crippen LogP contribution is -1.99. The summed E-state index contributed by atoms with van der Waals surface area (Å²) < 4.78 is 15.0. The summed E-state index contributed by atoms with van der Waals surface area (Å²) in [6.45, 7) is 0. The lowest BCUT2D eigenvalue weighted by molar-refractivity contribution is 0.669. The lowest BCUT2D eigenvalue weighted by atomic mass is 10.00. The van der Waals surface area contributed by atoms with Crippen LogP contribution in [0.5, 0.6) is 0 Å². The third kappa shape index (κ3) is 2.85. The van der Waals surface area contributed by atoms with Gasteiger partial charge in [-0.25, -0.2) is 0 Å². The van der Waals surface area contributed by atoms with Crippen molar-refractivity contribution in [3.63, 3.8) is 0 Å². The fourth-order valence-electron chi connectivity index (χ4n) is 6.35. The molecule has 0 aliphatic rings. The van der Waals surface area contributed by atoms with Crippen molar-refractivity contribution in [3.8, 4) is 16.8 Å². The van der Waals surface area contributed by atoms with Gasteiger partial charge >= 0.3 is 0 Å². The van der Waals surface area contributed by atoms with Crippen LogP contribution in [0.15, 0.2) is 130 Å². The zero-order chi connectivity index (χ0) is 26.4. The van der Waals surface area contributed by atoms with Gasteiger partial charge in [0.1, 0.15) is 16.7 Å². The summed E-state index contributed by atoms with van der Waals surface area (Å²) in [5.74, 6) is 0. The first-order valence-electron chi connectivity index (χ1n) is 13.4. The van der Waals surface area contributed by atoms with Gasteiger partial charge in [0.2, 0.25) is 0 Å². The molecule has 40 heavy (non-hydrogen) atoms. The van der Waals surface area contributed by atoms with Gasteiger partial charge < -0.3 is 19.1 Å². The molecule has 0 atom stereocenters. The van der Waals surface area contributed by atoms with Crippen molar-refractivity contribution in [2.45, 2.75) is 0 Å². The molecular formula is C36H22N2O2. The molecule has 0 radical (unpaired) electrons. The molecule has 0 aliphatic heterocycles. The Morgan fingerprint density at radius 2 is 1.18 bits per heavy atom. The Labute approximate surface area is 228 Å². The summed E-state index contributed by atoms with van der Waals surface area (Å²) in [6, 6.07) is 41.9. The van der Waals surface area contributed by atoms with Crippen LogP contribution in [-0.2, 0) is 0 Å². The van der Waals surface area contributed by atoms with Crippen LogP contribution in [0.2, 0.25) is 0 Å². The van der Waals surface area contributed by atoms with Gasteiger partial charge in [-0.05, 0) is 60.2 Å². The van der Waals surface area contributed by atoms with Crippen LogP contribution in [0.4, 0.5) is 5.69 Å². The van der Waals surface area contributed by atoms with E-state index in [2.05, 4.69) is 89.5 Å². The van der Waals surface area contributed by atoms with Crippen molar-refractivity contribution < 1.29 is 8.83 Å². The topological polar surface area (TPSA) is 57.2 Å². The van der Waals surface area contributed by atoms with Crippen LogP contribution >= 0.6 is 0 Å². The fraction of sp³-hybridized carbons (Fsp3) is 0. The number of anilines is 1. The summed E-state index contributed by atoms with van der Waals surface area (Å²) in [5.41, 5.74) is 16.0. The highest BCUT2D eigenvalue weighted by Gasteiger charge is 2.21. The molecule has 3 aromatic heterocycles. The molecule has 0 aliphatic carbocycles. The number of nitrogen functional groups attached to an aromatic ring is 1. The molecule has 9 aromatic rings. The zero-order valence-corrected chi connectivity index (χ0v) is 21.4. The minimum absolute atomic E-state index is 0.713.